The van der Waals surface area contributed by atoms with Crippen molar-refractivity contribution in [1.29, 1.82) is 0 Å². The van der Waals surface area contributed by atoms with Crippen LogP contribution in [0.3, 0.4) is 0 Å². The number of carbonyl (C=O) groups excluding carboxylic acids is 1. The Labute approximate surface area is 107 Å². The van der Waals surface area contributed by atoms with E-state index in [0.29, 0.717) is 13.0 Å². The Kier molecular flexibility index (Phi) is 5.09. The molecule has 0 saturated carbocycles. The third-order valence-corrected chi connectivity index (χ3v) is 2.05. The number of aliphatic hydroxyl groups is 1. The van der Waals surface area contributed by atoms with E-state index < -0.39 is 11.7 Å². The second-order valence-corrected chi connectivity index (χ2v) is 4.95. The van der Waals surface area contributed by atoms with Gasteiger partial charge in [0.2, 0.25) is 0 Å². The van der Waals surface area contributed by atoms with E-state index in [-0.39, 0.29) is 6.61 Å². The molecular weight excluding hydrogens is 232 g/mol. The zero-order valence-electron chi connectivity index (χ0n) is 11.1. The summed E-state index contributed by atoms with van der Waals surface area (Å²) in [7, 11) is 0. The Hall–Kier alpha value is -1.62. The summed E-state index contributed by atoms with van der Waals surface area (Å²) in [5.74, 6) is 0. The normalized spacial score (nSPS) is 11.1. The highest BCUT2D eigenvalue weighted by molar-refractivity contribution is 5.67. The molecule has 5 nitrogen and oxygen atoms in total. The summed E-state index contributed by atoms with van der Waals surface area (Å²) in [4.78, 5) is 15.7. The second kappa shape index (κ2) is 6.35. The van der Waals surface area contributed by atoms with Crippen molar-refractivity contribution in [3.05, 3.63) is 29.6 Å². The van der Waals surface area contributed by atoms with Gasteiger partial charge in [-0.3, -0.25) is 4.98 Å². The minimum absolute atomic E-state index is 0.0654. The molecule has 0 aromatic carbocycles. The molecule has 0 atom stereocenters. The van der Waals surface area contributed by atoms with Gasteiger partial charge < -0.3 is 15.2 Å². The standard InChI is InChI=1S/C13H20N2O3/c1-13(2,3)18-12(17)14-9-11-6-4-5-10(15-11)7-8-16/h4-6,16H,7-9H2,1-3H3,(H,14,17). The van der Waals surface area contributed by atoms with Gasteiger partial charge in [0.05, 0.1) is 12.2 Å². The summed E-state index contributed by atoms with van der Waals surface area (Å²) < 4.78 is 5.12. The van der Waals surface area contributed by atoms with Crippen LogP contribution in [0, 0.1) is 0 Å². The zero-order valence-corrected chi connectivity index (χ0v) is 11.1. The van der Waals surface area contributed by atoms with Gasteiger partial charge in [-0.1, -0.05) is 6.07 Å². The molecule has 1 rings (SSSR count). The molecule has 1 aromatic heterocycles. The summed E-state index contributed by atoms with van der Waals surface area (Å²) in [6.07, 6.45) is 0.0529. The van der Waals surface area contributed by atoms with Gasteiger partial charge in [0, 0.05) is 18.7 Å². The molecule has 0 bridgehead atoms. The first-order valence-electron chi connectivity index (χ1n) is 5.93. The molecule has 0 unspecified atom stereocenters. The van der Waals surface area contributed by atoms with E-state index in [2.05, 4.69) is 10.3 Å². The van der Waals surface area contributed by atoms with Gasteiger partial charge in [-0.2, -0.15) is 0 Å². The van der Waals surface area contributed by atoms with Crippen molar-refractivity contribution < 1.29 is 14.6 Å². The second-order valence-electron chi connectivity index (χ2n) is 4.95. The van der Waals surface area contributed by atoms with E-state index in [9.17, 15) is 4.79 Å². The first-order valence-corrected chi connectivity index (χ1v) is 5.93. The summed E-state index contributed by atoms with van der Waals surface area (Å²) in [5.41, 5.74) is 1.05. The van der Waals surface area contributed by atoms with Crippen LogP contribution in [0.1, 0.15) is 32.2 Å². The average Bonchev–Trinajstić information content (AvgIpc) is 2.25. The maximum absolute atomic E-state index is 11.4. The van der Waals surface area contributed by atoms with Crippen molar-refractivity contribution >= 4 is 6.09 Å². The Balaban J connectivity index is 2.48. The maximum atomic E-state index is 11.4. The van der Waals surface area contributed by atoms with E-state index in [1.54, 1.807) is 0 Å². The number of nitrogens with one attached hydrogen (secondary N) is 1. The number of alkyl carbamates (subject to hydrolysis) is 1. The van der Waals surface area contributed by atoms with Crippen molar-refractivity contribution in [1.82, 2.24) is 10.3 Å². The number of rotatable bonds is 4. The molecule has 0 aliphatic carbocycles. The predicted molar refractivity (Wildman–Crippen MR) is 68.1 cm³/mol. The molecule has 18 heavy (non-hydrogen) atoms. The molecule has 0 aliphatic rings. The molecule has 100 valence electrons. The van der Waals surface area contributed by atoms with Crippen LogP contribution >= 0.6 is 0 Å². The number of ether oxygens (including phenoxy) is 1. The Morgan fingerprint density at radius 3 is 2.67 bits per heavy atom. The molecule has 1 aromatic rings. The van der Waals surface area contributed by atoms with Gasteiger partial charge in [0.15, 0.2) is 0 Å². The highest BCUT2D eigenvalue weighted by Gasteiger charge is 2.15. The fraction of sp³-hybridized carbons (Fsp3) is 0.538. The van der Waals surface area contributed by atoms with Crippen LogP contribution in [-0.4, -0.2) is 28.4 Å². The number of amides is 1. The molecule has 2 N–H and O–H groups in total. The van der Waals surface area contributed by atoms with Gasteiger partial charge in [-0.25, -0.2) is 4.79 Å². The van der Waals surface area contributed by atoms with Gasteiger partial charge in [-0.05, 0) is 32.9 Å². The van der Waals surface area contributed by atoms with Gasteiger partial charge in [0.1, 0.15) is 5.60 Å². The summed E-state index contributed by atoms with van der Waals surface area (Å²) in [5, 5.41) is 11.5. The van der Waals surface area contributed by atoms with Crippen molar-refractivity contribution in [3.63, 3.8) is 0 Å². The Bertz CT molecular complexity index is 399. The number of carbonyl (C=O) groups is 1. The van der Waals surface area contributed by atoms with Gasteiger partial charge in [0.25, 0.3) is 0 Å². The van der Waals surface area contributed by atoms with Crippen LogP contribution in [0.5, 0.6) is 0 Å². The molecule has 5 heteroatoms. The first kappa shape index (κ1) is 14.4. The summed E-state index contributed by atoms with van der Waals surface area (Å²) in [6.45, 7) is 5.82. The molecule has 1 heterocycles. The minimum atomic E-state index is -0.504. The maximum Gasteiger partial charge on any atom is 0.407 e. The van der Waals surface area contributed by atoms with Crippen LogP contribution in [-0.2, 0) is 17.7 Å². The van der Waals surface area contributed by atoms with Crippen LogP contribution in [0.15, 0.2) is 18.2 Å². The highest BCUT2D eigenvalue weighted by atomic mass is 16.6. The summed E-state index contributed by atoms with van der Waals surface area (Å²) >= 11 is 0. The van der Waals surface area contributed by atoms with E-state index in [0.717, 1.165) is 11.4 Å². The van der Waals surface area contributed by atoms with Gasteiger partial charge >= 0.3 is 6.09 Å². The predicted octanol–water partition coefficient (Wildman–Crippen LogP) is 1.64. The lowest BCUT2D eigenvalue weighted by molar-refractivity contribution is 0.0523. The smallest absolute Gasteiger partial charge is 0.407 e. The first-order chi connectivity index (χ1) is 8.40. The molecular formula is C13H20N2O3. The highest BCUT2D eigenvalue weighted by Crippen LogP contribution is 2.07. The third-order valence-electron chi connectivity index (χ3n) is 2.05. The minimum Gasteiger partial charge on any atom is -0.444 e. The third kappa shape index (κ3) is 5.63. The Morgan fingerprint density at radius 2 is 2.06 bits per heavy atom. The van der Waals surface area contributed by atoms with Crippen LogP contribution in [0.2, 0.25) is 0 Å². The largest absolute Gasteiger partial charge is 0.444 e. The van der Waals surface area contributed by atoms with E-state index in [1.165, 1.54) is 0 Å². The lowest BCUT2D eigenvalue weighted by Crippen LogP contribution is -2.32. The van der Waals surface area contributed by atoms with Crippen LogP contribution in [0.25, 0.3) is 0 Å². The van der Waals surface area contributed by atoms with E-state index in [4.69, 9.17) is 9.84 Å². The molecule has 0 aliphatic heterocycles. The number of hydrogen-bond donors (Lipinski definition) is 2. The van der Waals surface area contributed by atoms with Crippen molar-refractivity contribution in [3.8, 4) is 0 Å². The van der Waals surface area contributed by atoms with Crippen molar-refractivity contribution in [2.75, 3.05) is 6.61 Å². The molecule has 0 spiro atoms. The Morgan fingerprint density at radius 1 is 1.39 bits per heavy atom. The quantitative estimate of drug-likeness (QED) is 0.854. The van der Waals surface area contributed by atoms with E-state index >= 15 is 0 Å². The topological polar surface area (TPSA) is 71.5 Å². The molecule has 0 saturated heterocycles. The fourth-order valence-corrected chi connectivity index (χ4v) is 1.36. The average molecular weight is 252 g/mol. The lowest BCUT2D eigenvalue weighted by atomic mass is 10.2. The lowest BCUT2D eigenvalue weighted by Gasteiger charge is -2.19. The number of pyridine rings is 1. The van der Waals surface area contributed by atoms with E-state index in [1.807, 2.05) is 39.0 Å². The number of aliphatic hydroxyl groups excluding tert-OH is 1. The molecule has 0 radical (unpaired) electrons. The van der Waals surface area contributed by atoms with Crippen LogP contribution < -0.4 is 5.32 Å². The fourth-order valence-electron chi connectivity index (χ4n) is 1.36. The number of nitrogens with zero attached hydrogens (tertiary/aromatic N) is 1. The molecule has 1 amide bonds. The van der Waals surface area contributed by atoms with Gasteiger partial charge in [-0.15, -0.1) is 0 Å². The molecule has 0 fully saturated rings. The SMILES string of the molecule is CC(C)(C)OC(=O)NCc1cccc(CCO)n1. The summed E-state index contributed by atoms with van der Waals surface area (Å²) in [6, 6.07) is 5.51. The van der Waals surface area contributed by atoms with Crippen molar-refractivity contribution in [2.45, 2.75) is 39.3 Å². The van der Waals surface area contributed by atoms with Crippen molar-refractivity contribution in [2.24, 2.45) is 0 Å². The number of aromatic nitrogens is 1. The monoisotopic (exact) mass is 252 g/mol. The van der Waals surface area contributed by atoms with Crippen LogP contribution in [0.4, 0.5) is 4.79 Å². The zero-order chi connectivity index (χ0) is 13.6. The number of hydrogen-bond acceptors (Lipinski definition) is 4.